The summed E-state index contributed by atoms with van der Waals surface area (Å²) in [5.41, 5.74) is 1.85. The quantitative estimate of drug-likeness (QED) is 0.736. The predicted octanol–water partition coefficient (Wildman–Crippen LogP) is 0.656. The van der Waals surface area contributed by atoms with Crippen LogP contribution < -0.4 is 15.4 Å². The normalized spacial score (nSPS) is 22.4. The highest BCUT2D eigenvalue weighted by Crippen LogP contribution is 2.29. The van der Waals surface area contributed by atoms with E-state index in [0.29, 0.717) is 12.5 Å². The van der Waals surface area contributed by atoms with Gasteiger partial charge < -0.3 is 15.0 Å². The Balaban J connectivity index is 1.56. The van der Waals surface area contributed by atoms with Gasteiger partial charge in [0.25, 0.3) is 0 Å². The molecule has 2 heterocycles. The number of hydrogen-bond acceptors (Lipinski definition) is 6. The van der Waals surface area contributed by atoms with E-state index in [1.54, 1.807) is 12.1 Å². The molecule has 0 spiro atoms. The van der Waals surface area contributed by atoms with E-state index in [2.05, 4.69) is 17.2 Å². The van der Waals surface area contributed by atoms with Crippen LogP contribution in [0, 0.1) is 5.92 Å². The second-order valence-electron chi connectivity index (χ2n) is 7.11. The van der Waals surface area contributed by atoms with Gasteiger partial charge in [0.15, 0.2) is 0 Å². The molecule has 9 heteroatoms. The van der Waals surface area contributed by atoms with Crippen molar-refractivity contribution in [3.05, 3.63) is 23.8 Å². The molecule has 1 aromatic rings. The van der Waals surface area contributed by atoms with Crippen LogP contribution in [-0.2, 0) is 26.0 Å². The summed E-state index contributed by atoms with van der Waals surface area (Å²) in [7, 11) is -3.76. The number of amides is 1. The number of carbonyl (C=O) groups is 1. The molecule has 1 amide bonds. The van der Waals surface area contributed by atoms with Crippen molar-refractivity contribution >= 4 is 27.8 Å². The van der Waals surface area contributed by atoms with E-state index in [4.69, 9.17) is 9.88 Å². The second kappa shape index (κ2) is 8.37. The molecule has 2 aliphatic heterocycles. The summed E-state index contributed by atoms with van der Waals surface area (Å²) in [6.45, 7) is 3.59. The van der Waals surface area contributed by atoms with E-state index in [1.807, 2.05) is 11.1 Å². The van der Waals surface area contributed by atoms with Crippen molar-refractivity contribution in [1.29, 1.82) is 0 Å². The number of anilines is 1. The van der Waals surface area contributed by atoms with Gasteiger partial charge in [0, 0.05) is 12.2 Å². The second-order valence-corrected chi connectivity index (χ2v) is 8.68. The Labute approximate surface area is 159 Å². The Morgan fingerprint density at radius 3 is 3.00 bits per heavy atom. The molecule has 27 heavy (non-hydrogen) atoms. The fraction of sp³-hybridized carbons (Fsp3) is 0.556. The lowest BCUT2D eigenvalue weighted by molar-refractivity contribution is -0.126. The maximum Gasteiger partial charge on any atom is 0.246 e. The third-order valence-electron chi connectivity index (χ3n) is 5.02. The molecular formula is C18H26N4O4S. The number of fused-ring (bicyclic) bond motifs is 1. The topological polar surface area (TPSA) is 114 Å². The molecule has 0 fully saturated rings. The van der Waals surface area contributed by atoms with E-state index < -0.39 is 10.0 Å². The van der Waals surface area contributed by atoms with E-state index in [0.717, 1.165) is 37.1 Å². The Hall–Kier alpha value is -1.97. The fourth-order valence-corrected chi connectivity index (χ4v) is 3.93. The van der Waals surface area contributed by atoms with Crippen molar-refractivity contribution in [2.24, 2.45) is 16.0 Å². The van der Waals surface area contributed by atoms with Crippen LogP contribution in [0.25, 0.3) is 0 Å². The van der Waals surface area contributed by atoms with Gasteiger partial charge in [-0.15, -0.1) is 0 Å². The van der Waals surface area contributed by atoms with Gasteiger partial charge in [-0.25, -0.2) is 13.6 Å². The minimum Gasteiger partial charge on any atom is -0.351 e. The third-order valence-corrected chi connectivity index (χ3v) is 5.93. The van der Waals surface area contributed by atoms with Crippen molar-refractivity contribution < 1.29 is 17.9 Å². The first-order valence-electron chi connectivity index (χ1n) is 9.10. The number of rotatable bonds is 6. The minimum atomic E-state index is -3.76. The molecule has 3 N–H and O–H groups in total. The number of sulfonamides is 1. The molecule has 0 aromatic heterocycles. The maximum atomic E-state index is 12.1. The molecular weight excluding hydrogens is 368 g/mol. The number of carbonyl (C=O) groups excluding carboxylic acids is 1. The lowest BCUT2D eigenvalue weighted by atomic mass is 9.97. The number of primary sulfonamides is 1. The van der Waals surface area contributed by atoms with Gasteiger partial charge >= 0.3 is 0 Å². The van der Waals surface area contributed by atoms with Gasteiger partial charge in [0.05, 0.1) is 17.5 Å². The van der Waals surface area contributed by atoms with E-state index in [-0.39, 0.29) is 30.2 Å². The summed E-state index contributed by atoms with van der Waals surface area (Å²) in [4.78, 5) is 18.4. The molecule has 8 nitrogen and oxygen atoms in total. The van der Waals surface area contributed by atoms with Gasteiger partial charge in [-0.05, 0) is 49.1 Å². The summed E-state index contributed by atoms with van der Waals surface area (Å²) in [6, 6.07) is 4.94. The van der Waals surface area contributed by atoms with Crippen LogP contribution in [0.2, 0.25) is 0 Å². The van der Waals surface area contributed by atoms with Crippen LogP contribution in [0.5, 0.6) is 0 Å². The van der Waals surface area contributed by atoms with Crippen molar-refractivity contribution in [3.8, 4) is 0 Å². The summed E-state index contributed by atoms with van der Waals surface area (Å²) in [5, 5.41) is 8.20. The number of aryl methyl sites for hydroxylation is 1. The Bertz CT molecular complexity index is 825. The van der Waals surface area contributed by atoms with Crippen LogP contribution in [-0.4, -0.2) is 53.0 Å². The maximum absolute atomic E-state index is 12.1. The summed E-state index contributed by atoms with van der Waals surface area (Å²) >= 11 is 0. The third kappa shape index (κ3) is 5.06. The lowest BCUT2D eigenvalue weighted by Crippen LogP contribution is -2.45. The van der Waals surface area contributed by atoms with Crippen LogP contribution in [0.15, 0.2) is 28.1 Å². The fourth-order valence-electron chi connectivity index (χ4n) is 3.40. The molecule has 2 unspecified atom stereocenters. The van der Waals surface area contributed by atoms with Gasteiger partial charge in [-0.1, -0.05) is 13.0 Å². The first-order valence-corrected chi connectivity index (χ1v) is 10.7. The van der Waals surface area contributed by atoms with Crippen molar-refractivity contribution in [1.82, 2.24) is 5.32 Å². The standard InChI is InChI=1S/C18H26N4O4S/c1-13-6-7-20-10-16(13)21-18(23)11-26-12-22-8-2-3-14-4-5-15(9-17(14)22)27(19,24)25/h4-5,7,9,13,16H,2-3,6,8,10-12H2,1H3,(H,21,23)(H2,19,24,25). The van der Waals surface area contributed by atoms with Crippen molar-refractivity contribution in [2.75, 3.05) is 31.3 Å². The highest BCUT2D eigenvalue weighted by molar-refractivity contribution is 7.89. The van der Waals surface area contributed by atoms with E-state index in [9.17, 15) is 13.2 Å². The number of ether oxygens (including phenoxy) is 1. The van der Waals surface area contributed by atoms with Gasteiger partial charge in [-0.3, -0.25) is 9.79 Å². The monoisotopic (exact) mass is 394 g/mol. The molecule has 0 aliphatic carbocycles. The van der Waals surface area contributed by atoms with Crippen molar-refractivity contribution in [2.45, 2.75) is 37.1 Å². The van der Waals surface area contributed by atoms with Gasteiger partial charge in [-0.2, -0.15) is 0 Å². The van der Waals surface area contributed by atoms with Crippen LogP contribution in [0.1, 0.15) is 25.3 Å². The molecule has 3 rings (SSSR count). The van der Waals surface area contributed by atoms with Crippen LogP contribution in [0.3, 0.4) is 0 Å². The van der Waals surface area contributed by atoms with Crippen LogP contribution >= 0.6 is 0 Å². The molecule has 2 atom stereocenters. The Morgan fingerprint density at radius 1 is 1.44 bits per heavy atom. The lowest BCUT2D eigenvalue weighted by Gasteiger charge is -2.31. The SMILES string of the molecule is CC1CC=NCC1NC(=O)COCN1CCCc2ccc(S(N)(=O)=O)cc21. The zero-order chi connectivity index (χ0) is 19.4. The number of nitrogens with one attached hydrogen (secondary N) is 1. The summed E-state index contributed by atoms with van der Waals surface area (Å²) in [5.74, 6) is 0.191. The first-order chi connectivity index (χ1) is 12.8. The molecule has 1 aromatic carbocycles. The summed E-state index contributed by atoms with van der Waals surface area (Å²) < 4.78 is 28.8. The van der Waals surface area contributed by atoms with E-state index in [1.165, 1.54) is 6.07 Å². The smallest absolute Gasteiger partial charge is 0.246 e. The highest BCUT2D eigenvalue weighted by atomic mass is 32.2. The van der Waals surface area contributed by atoms with Crippen LogP contribution in [0.4, 0.5) is 5.69 Å². The van der Waals surface area contributed by atoms with Crippen molar-refractivity contribution in [3.63, 3.8) is 0 Å². The highest BCUT2D eigenvalue weighted by Gasteiger charge is 2.22. The molecule has 0 radical (unpaired) electrons. The minimum absolute atomic E-state index is 0.0409. The summed E-state index contributed by atoms with van der Waals surface area (Å²) in [6.07, 6.45) is 4.57. The largest absolute Gasteiger partial charge is 0.351 e. The molecule has 0 saturated carbocycles. The first kappa shape index (κ1) is 19.8. The number of nitrogens with two attached hydrogens (primary N) is 1. The number of aliphatic imine (C=N–C) groups is 1. The van der Waals surface area contributed by atoms with E-state index >= 15 is 0 Å². The number of nitrogens with zero attached hydrogens (tertiary/aromatic N) is 2. The predicted molar refractivity (Wildman–Crippen MR) is 103 cm³/mol. The molecule has 2 aliphatic rings. The molecule has 0 saturated heterocycles. The van der Waals surface area contributed by atoms with Gasteiger partial charge in [0.2, 0.25) is 15.9 Å². The number of hydrogen-bond donors (Lipinski definition) is 2. The molecule has 148 valence electrons. The average molecular weight is 394 g/mol. The Morgan fingerprint density at radius 2 is 2.26 bits per heavy atom. The Kier molecular flexibility index (Phi) is 6.13. The molecule has 0 bridgehead atoms. The zero-order valence-corrected chi connectivity index (χ0v) is 16.2. The van der Waals surface area contributed by atoms with Gasteiger partial charge in [0.1, 0.15) is 13.3 Å². The average Bonchev–Trinajstić information content (AvgIpc) is 2.62. The zero-order valence-electron chi connectivity index (χ0n) is 15.4. The number of benzene rings is 1.